The predicted molar refractivity (Wildman–Crippen MR) is 103 cm³/mol. The minimum Gasteiger partial charge on any atom is -0.389 e. The van der Waals surface area contributed by atoms with E-state index >= 15 is 0 Å². The van der Waals surface area contributed by atoms with E-state index in [1.54, 1.807) is 0 Å². The molecule has 0 amide bonds. The van der Waals surface area contributed by atoms with Gasteiger partial charge in [-0.15, -0.1) is 0 Å². The van der Waals surface area contributed by atoms with Crippen LogP contribution in [0.5, 0.6) is 0 Å². The zero-order valence-electron chi connectivity index (χ0n) is 16.9. The standard InChI is InChI=1S/C22H39NO3/c1-16-5-17(2)13-23(12-16)14-21(24)15-25-3-4-26-22-9-18-6-19(10-22)8-20(7-18)11-22/h16-21,24H,3-15H2,1-2H3/t16-,17-,18?,19?,20?,21-,22?/m1/s1. The Morgan fingerprint density at radius 3 is 2.08 bits per heavy atom. The highest BCUT2D eigenvalue weighted by atomic mass is 16.5. The molecule has 5 aliphatic rings. The van der Waals surface area contributed by atoms with Crippen LogP contribution in [0.1, 0.15) is 58.8 Å². The molecule has 0 radical (unpaired) electrons. The van der Waals surface area contributed by atoms with E-state index in [2.05, 4.69) is 18.7 Å². The summed E-state index contributed by atoms with van der Waals surface area (Å²) in [6.45, 7) is 9.32. The van der Waals surface area contributed by atoms with Crippen molar-refractivity contribution in [3.8, 4) is 0 Å². The molecule has 0 spiro atoms. The average molecular weight is 366 g/mol. The Morgan fingerprint density at radius 2 is 1.50 bits per heavy atom. The van der Waals surface area contributed by atoms with Gasteiger partial charge in [-0.3, -0.25) is 0 Å². The van der Waals surface area contributed by atoms with Gasteiger partial charge in [0.2, 0.25) is 0 Å². The Kier molecular flexibility index (Phi) is 5.95. The van der Waals surface area contributed by atoms with Crippen LogP contribution in [0.2, 0.25) is 0 Å². The molecule has 4 saturated carbocycles. The molecule has 1 saturated heterocycles. The van der Waals surface area contributed by atoms with E-state index in [0.717, 1.165) is 49.2 Å². The van der Waals surface area contributed by atoms with Crippen LogP contribution < -0.4 is 0 Å². The fraction of sp³-hybridized carbons (Fsp3) is 1.00. The summed E-state index contributed by atoms with van der Waals surface area (Å²) >= 11 is 0. The van der Waals surface area contributed by atoms with E-state index < -0.39 is 0 Å². The quantitative estimate of drug-likeness (QED) is 0.670. The molecule has 1 aliphatic heterocycles. The molecule has 1 heterocycles. The number of ether oxygens (including phenoxy) is 2. The monoisotopic (exact) mass is 365 g/mol. The summed E-state index contributed by atoms with van der Waals surface area (Å²) in [5, 5.41) is 10.3. The Labute approximate surface area is 159 Å². The Bertz CT molecular complexity index is 423. The minimum absolute atomic E-state index is 0.177. The molecule has 4 aliphatic carbocycles. The van der Waals surface area contributed by atoms with Gasteiger partial charge in [-0.1, -0.05) is 13.8 Å². The maximum Gasteiger partial charge on any atom is 0.0900 e. The lowest BCUT2D eigenvalue weighted by Crippen LogP contribution is -2.52. The van der Waals surface area contributed by atoms with Crippen molar-refractivity contribution in [2.45, 2.75) is 70.5 Å². The predicted octanol–water partition coefficient (Wildman–Crippen LogP) is 3.33. The number of likely N-dealkylation sites (tertiary alicyclic amines) is 1. The van der Waals surface area contributed by atoms with Gasteiger partial charge in [0.1, 0.15) is 0 Å². The largest absolute Gasteiger partial charge is 0.389 e. The van der Waals surface area contributed by atoms with Crippen molar-refractivity contribution in [2.24, 2.45) is 29.6 Å². The highest BCUT2D eigenvalue weighted by molar-refractivity contribution is 5.03. The minimum atomic E-state index is -0.382. The van der Waals surface area contributed by atoms with Crippen LogP contribution in [-0.4, -0.2) is 61.2 Å². The molecular weight excluding hydrogens is 326 g/mol. The highest BCUT2D eigenvalue weighted by Crippen LogP contribution is 2.57. The van der Waals surface area contributed by atoms with Crippen molar-refractivity contribution in [3.05, 3.63) is 0 Å². The summed E-state index contributed by atoms with van der Waals surface area (Å²) in [6, 6.07) is 0. The van der Waals surface area contributed by atoms with Crippen LogP contribution in [0.4, 0.5) is 0 Å². The molecule has 5 fully saturated rings. The Hall–Kier alpha value is -0.160. The molecule has 4 heteroatoms. The molecule has 26 heavy (non-hydrogen) atoms. The average Bonchev–Trinajstić information content (AvgIpc) is 2.52. The first-order chi connectivity index (χ1) is 12.5. The first kappa shape index (κ1) is 19.2. The van der Waals surface area contributed by atoms with Crippen LogP contribution >= 0.6 is 0 Å². The zero-order chi connectivity index (χ0) is 18.1. The van der Waals surface area contributed by atoms with Crippen molar-refractivity contribution < 1.29 is 14.6 Å². The van der Waals surface area contributed by atoms with Crippen molar-refractivity contribution in [1.82, 2.24) is 4.90 Å². The van der Waals surface area contributed by atoms with E-state index in [1.165, 1.54) is 44.9 Å². The fourth-order valence-electron chi connectivity index (χ4n) is 7.04. The third-order valence-corrected chi connectivity index (χ3v) is 7.34. The van der Waals surface area contributed by atoms with Crippen LogP contribution in [-0.2, 0) is 9.47 Å². The van der Waals surface area contributed by atoms with E-state index in [0.29, 0.717) is 19.8 Å². The smallest absolute Gasteiger partial charge is 0.0900 e. The van der Waals surface area contributed by atoms with Crippen LogP contribution in [0.15, 0.2) is 0 Å². The second-order valence-corrected chi connectivity index (χ2v) is 10.3. The third-order valence-electron chi connectivity index (χ3n) is 7.34. The van der Waals surface area contributed by atoms with Gasteiger partial charge >= 0.3 is 0 Å². The highest BCUT2D eigenvalue weighted by Gasteiger charge is 2.51. The second kappa shape index (κ2) is 8.06. The van der Waals surface area contributed by atoms with Crippen LogP contribution in [0, 0.1) is 29.6 Å². The Balaban J connectivity index is 1.11. The van der Waals surface area contributed by atoms with Crippen molar-refractivity contribution >= 4 is 0 Å². The first-order valence-electron chi connectivity index (χ1n) is 11.1. The van der Waals surface area contributed by atoms with Gasteiger partial charge in [0.15, 0.2) is 0 Å². The molecule has 5 rings (SSSR count). The summed E-state index contributed by atoms with van der Waals surface area (Å²) in [6.07, 6.45) is 9.15. The van der Waals surface area contributed by atoms with Gasteiger partial charge in [0.25, 0.3) is 0 Å². The third kappa shape index (κ3) is 4.63. The number of aliphatic hydroxyl groups excluding tert-OH is 1. The number of rotatable bonds is 8. The molecule has 1 N–H and O–H groups in total. The molecular formula is C22H39NO3. The van der Waals surface area contributed by atoms with Crippen LogP contribution in [0.3, 0.4) is 0 Å². The lowest BCUT2D eigenvalue weighted by atomic mass is 9.54. The number of hydrogen-bond acceptors (Lipinski definition) is 4. The molecule has 3 atom stereocenters. The van der Waals surface area contributed by atoms with Crippen molar-refractivity contribution in [2.75, 3.05) is 39.5 Å². The second-order valence-electron chi connectivity index (χ2n) is 10.3. The molecule has 0 aromatic rings. The van der Waals surface area contributed by atoms with Gasteiger partial charge in [0, 0.05) is 19.6 Å². The van der Waals surface area contributed by atoms with E-state index in [9.17, 15) is 5.11 Å². The molecule has 0 aromatic heterocycles. The maximum atomic E-state index is 10.3. The summed E-state index contributed by atoms with van der Waals surface area (Å²) in [5.41, 5.74) is 0.177. The number of piperidine rings is 1. The normalized spacial score (nSPS) is 43.7. The van der Waals surface area contributed by atoms with Crippen molar-refractivity contribution in [1.29, 1.82) is 0 Å². The number of aliphatic hydroxyl groups is 1. The topological polar surface area (TPSA) is 41.9 Å². The summed E-state index contributed by atoms with van der Waals surface area (Å²) in [4.78, 5) is 2.40. The number of hydrogen-bond donors (Lipinski definition) is 1. The summed E-state index contributed by atoms with van der Waals surface area (Å²) in [5.74, 6) is 4.26. The van der Waals surface area contributed by atoms with Crippen molar-refractivity contribution in [3.63, 3.8) is 0 Å². The van der Waals surface area contributed by atoms with E-state index in [4.69, 9.17) is 9.47 Å². The lowest BCUT2D eigenvalue weighted by molar-refractivity contribution is -0.170. The molecule has 4 nitrogen and oxygen atoms in total. The first-order valence-corrected chi connectivity index (χ1v) is 11.1. The Morgan fingerprint density at radius 1 is 0.923 bits per heavy atom. The van der Waals surface area contributed by atoms with E-state index in [-0.39, 0.29) is 11.7 Å². The molecule has 150 valence electrons. The summed E-state index contributed by atoms with van der Waals surface area (Å²) in [7, 11) is 0. The molecule has 0 unspecified atom stereocenters. The fourth-order valence-corrected chi connectivity index (χ4v) is 7.04. The zero-order valence-corrected chi connectivity index (χ0v) is 16.9. The number of β-amino-alcohol motifs (C(OH)–C–C–N with tert-alkyl or cyclic N) is 1. The van der Waals surface area contributed by atoms with Gasteiger partial charge < -0.3 is 19.5 Å². The van der Waals surface area contributed by atoms with Gasteiger partial charge in [-0.25, -0.2) is 0 Å². The van der Waals surface area contributed by atoms with Crippen LogP contribution in [0.25, 0.3) is 0 Å². The SMILES string of the molecule is C[C@@H]1C[C@@H](C)CN(C[C@@H](O)COCCOC23CC4CC(CC(C4)C2)C3)C1. The molecule has 4 bridgehead atoms. The lowest BCUT2D eigenvalue weighted by Gasteiger charge is -2.56. The van der Waals surface area contributed by atoms with Gasteiger partial charge in [0.05, 0.1) is 31.5 Å². The van der Waals surface area contributed by atoms with Gasteiger partial charge in [-0.05, 0) is 74.5 Å². The number of nitrogens with zero attached hydrogens (tertiary/aromatic N) is 1. The summed E-state index contributed by atoms with van der Waals surface area (Å²) < 4.78 is 12.1. The maximum absolute atomic E-state index is 10.3. The van der Waals surface area contributed by atoms with E-state index in [1.807, 2.05) is 0 Å². The molecule has 0 aromatic carbocycles. The van der Waals surface area contributed by atoms with Gasteiger partial charge in [-0.2, -0.15) is 0 Å².